The van der Waals surface area contributed by atoms with Gasteiger partial charge in [0.15, 0.2) is 5.79 Å². The summed E-state index contributed by atoms with van der Waals surface area (Å²) in [6, 6.07) is 7.85. The summed E-state index contributed by atoms with van der Waals surface area (Å²) in [5.41, 5.74) is 3.07. The average molecular weight is 389 g/mol. The van der Waals surface area contributed by atoms with E-state index >= 15 is 0 Å². The number of hydrogen-bond donors (Lipinski definition) is 0. The van der Waals surface area contributed by atoms with Crippen LogP contribution in [0.4, 0.5) is 0 Å². The first-order valence-electron chi connectivity index (χ1n) is 9.37. The highest BCUT2D eigenvalue weighted by Gasteiger charge is 2.60. The van der Waals surface area contributed by atoms with Crippen molar-refractivity contribution in [3.63, 3.8) is 0 Å². The number of ether oxygens (including phenoxy) is 3. The fourth-order valence-corrected chi connectivity index (χ4v) is 3.48. The molecule has 1 aromatic rings. The first-order valence-corrected chi connectivity index (χ1v) is 12.9. The van der Waals surface area contributed by atoms with Crippen molar-refractivity contribution in [1.82, 2.24) is 0 Å². The van der Waals surface area contributed by atoms with Crippen molar-refractivity contribution in [2.24, 2.45) is 0 Å². The molecule has 1 aromatic carbocycles. The SMILES string of the molecule is Cc1ccccc1[C@@H]1OC(C)(C)O[C@]1(C#C[Si](C)(C)C)C(=O)OC(C)(C)C. The van der Waals surface area contributed by atoms with E-state index in [0.29, 0.717) is 0 Å². The minimum atomic E-state index is -1.77. The average Bonchev–Trinajstić information content (AvgIpc) is 2.75. The summed E-state index contributed by atoms with van der Waals surface area (Å²) >= 11 is 0. The van der Waals surface area contributed by atoms with E-state index in [2.05, 4.69) is 31.1 Å². The van der Waals surface area contributed by atoms with Crippen LogP contribution >= 0.6 is 0 Å². The summed E-state index contributed by atoms with van der Waals surface area (Å²) < 4.78 is 18.2. The van der Waals surface area contributed by atoms with Crippen LogP contribution in [-0.4, -0.2) is 31.0 Å². The van der Waals surface area contributed by atoms with E-state index in [1.165, 1.54) is 0 Å². The van der Waals surface area contributed by atoms with E-state index in [-0.39, 0.29) is 0 Å². The molecular weight excluding hydrogens is 356 g/mol. The van der Waals surface area contributed by atoms with Gasteiger partial charge in [-0.05, 0) is 52.7 Å². The van der Waals surface area contributed by atoms with Gasteiger partial charge in [-0.3, -0.25) is 0 Å². The fraction of sp³-hybridized carbons (Fsp3) is 0.591. The smallest absolute Gasteiger partial charge is 0.355 e. The Balaban J connectivity index is 2.68. The monoisotopic (exact) mass is 388 g/mol. The second-order valence-corrected chi connectivity index (χ2v) is 14.3. The van der Waals surface area contributed by atoms with E-state index in [9.17, 15) is 4.79 Å². The largest absolute Gasteiger partial charge is 0.457 e. The minimum absolute atomic E-state index is 0.500. The highest BCUT2D eigenvalue weighted by molar-refractivity contribution is 6.83. The quantitative estimate of drug-likeness (QED) is 0.415. The van der Waals surface area contributed by atoms with Crippen LogP contribution in [0, 0.1) is 18.4 Å². The molecule has 0 radical (unpaired) electrons. The van der Waals surface area contributed by atoms with E-state index in [4.69, 9.17) is 14.2 Å². The molecule has 0 amide bonds. The predicted octanol–water partition coefficient (Wildman–Crippen LogP) is 4.78. The zero-order valence-electron chi connectivity index (χ0n) is 18.0. The molecule has 4 nitrogen and oxygen atoms in total. The van der Waals surface area contributed by atoms with E-state index in [1.807, 2.05) is 52.0 Å². The van der Waals surface area contributed by atoms with E-state index in [1.54, 1.807) is 13.8 Å². The molecule has 1 aliphatic heterocycles. The lowest BCUT2D eigenvalue weighted by molar-refractivity contribution is -0.188. The minimum Gasteiger partial charge on any atom is -0.457 e. The van der Waals surface area contributed by atoms with Crippen LogP contribution in [0.2, 0.25) is 19.6 Å². The lowest BCUT2D eigenvalue weighted by atomic mass is 9.89. The number of aryl methyl sites for hydroxylation is 1. The third kappa shape index (κ3) is 5.22. The van der Waals surface area contributed by atoms with Crippen LogP contribution in [0.3, 0.4) is 0 Å². The number of rotatable bonds is 2. The van der Waals surface area contributed by atoms with Gasteiger partial charge in [0.05, 0.1) is 0 Å². The van der Waals surface area contributed by atoms with Gasteiger partial charge in [0.1, 0.15) is 19.8 Å². The predicted molar refractivity (Wildman–Crippen MR) is 110 cm³/mol. The van der Waals surface area contributed by atoms with Crippen LogP contribution in [0.15, 0.2) is 24.3 Å². The fourth-order valence-electron chi connectivity index (χ4n) is 2.92. The van der Waals surface area contributed by atoms with Crippen molar-refractivity contribution in [2.75, 3.05) is 0 Å². The topological polar surface area (TPSA) is 44.8 Å². The van der Waals surface area contributed by atoms with Gasteiger partial charge >= 0.3 is 5.97 Å². The summed E-state index contributed by atoms with van der Waals surface area (Å²) in [6.45, 7) is 17.5. The Morgan fingerprint density at radius 3 is 2.30 bits per heavy atom. The molecule has 0 N–H and O–H groups in total. The van der Waals surface area contributed by atoms with Crippen molar-refractivity contribution in [3.8, 4) is 11.5 Å². The Labute approximate surface area is 164 Å². The van der Waals surface area contributed by atoms with Gasteiger partial charge in [0.25, 0.3) is 5.60 Å². The van der Waals surface area contributed by atoms with Crippen LogP contribution < -0.4 is 0 Å². The Bertz CT molecular complexity index is 774. The Hall–Kier alpha value is -1.61. The van der Waals surface area contributed by atoms with Crippen molar-refractivity contribution >= 4 is 14.0 Å². The molecule has 0 unspecified atom stereocenters. The molecular formula is C22H32O4Si. The van der Waals surface area contributed by atoms with Crippen molar-refractivity contribution in [3.05, 3.63) is 35.4 Å². The number of carbonyl (C=O) groups excluding carboxylic acids is 1. The molecule has 0 aromatic heterocycles. The first kappa shape index (κ1) is 21.7. The molecule has 148 valence electrons. The molecule has 0 saturated carbocycles. The highest BCUT2D eigenvalue weighted by atomic mass is 28.3. The molecule has 0 spiro atoms. The summed E-state index contributed by atoms with van der Waals surface area (Å²) in [7, 11) is -1.77. The molecule has 5 heteroatoms. The number of benzene rings is 1. The number of hydrogen-bond acceptors (Lipinski definition) is 4. The van der Waals surface area contributed by atoms with Crippen LogP contribution in [-0.2, 0) is 19.0 Å². The van der Waals surface area contributed by atoms with Gasteiger partial charge in [-0.15, -0.1) is 5.54 Å². The molecule has 27 heavy (non-hydrogen) atoms. The molecule has 2 atom stereocenters. The Morgan fingerprint density at radius 1 is 1.19 bits per heavy atom. The second-order valence-electron chi connectivity index (χ2n) is 9.59. The van der Waals surface area contributed by atoms with Gasteiger partial charge < -0.3 is 14.2 Å². The Kier molecular flexibility index (Phi) is 5.69. The lowest BCUT2D eigenvalue weighted by Crippen LogP contribution is -2.47. The van der Waals surface area contributed by atoms with Crippen LogP contribution in [0.5, 0.6) is 0 Å². The Morgan fingerprint density at radius 2 is 1.78 bits per heavy atom. The summed E-state index contributed by atoms with van der Waals surface area (Å²) in [5, 5.41) is 0. The van der Waals surface area contributed by atoms with Crippen molar-refractivity contribution < 1.29 is 19.0 Å². The maximum Gasteiger partial charge on any atom is 0.355 e. The normalized spacial score (nSPS) is 24.9. The van der Waals surface area contributed by atoms with Crippen molar-refractivity contribution in [1.29, 1.82) is 0 Å². The third-order valence-corrected chi connectivity index (χ3v) is 4.85. The van der Waals surface area contributed by atoms with Gasteiger partial charge in [-0.1, -0.05) is 49.8 Å². The summed E-state index contributed by atoms with van der Waals surface area (Å²) in [5.74, 6) is 1.72. The lowest BCUT2D eigenvalue weighted by Gasteiger charge is -2.31. The zero-order chi connectivity index (χ0) is 20.7. The first-order chi connectivity index (χ1) is 12.2. The third-order valence-electron chi connectivity index (χ3n) is 3.97. The van der Waals surface area contributed by atoms with Gasteiger partial charge in [0.2, 0.25) is 0 Å². The van der Waals surface area contributed by atoms with Gasteiger partial charge in [-0.2, -0.15) is 0 Å². The number of carbonyl (C=O) groups is 1. The number of esters is 1. The van der Waals surface area contributed by atoms with Gasteiger partial charge in [0, 0.05) is 0 Å². The maximum absolute atomic E-state index is 13.4. The highest BCUT2D eigenvalue weighted by Crippen LogP contribution is 2.47. The second kappa shape index (κ2) is 7.09. The summed E-state index contributed by atoms with van der Waals surface area (Å²) in [4.78, 5) is 13.4. The summed E-state index contributed by atoms with van der Waals surface area (Å²) in [6.07, 6.45) is -0.660. The molecule has 2 rings (SSSR count). The van der Waals surface area contributed by atoms with Crippen LogP contribution in [0.25, 0.3) is 0 Å². The molecule has 1 aliphatic rings. The molecule has 0 bridgehead atoms. The van der Waals surface area contributed by atoms with Crippen molar-refractivity contribution in [2.45, 2.75) is 84.3 Å². The van der Waals surface area contributed by atoms with Crippen LogP contribution in [0.1, 0.15) is 51.8 Å². The molecule has 1 fully saturated rings. The van der Waals surface area contributed by atoms with Gasteiger partial charge in [-0.25, -0.2) is 4.79 Å². The molecule has 0 aliphatic carbocycles. The zero-order valence-corrected chi connectivity index (χ0v) is 19.0. The molecule has 1 heterocycles. The van der Waals surface area contributed by atoms with E-state index < -0.39 is 37.1 Å². The molecule has 1 saturated heterocycles. The van der Waals surface area contributed by atoms with E-state index in [0.717, 1.165) is 11.1 Å². The maximum atomic E-state index is 13.4. The standard InChI is InChI=1S/C22H32O4Si/c1-16-12-10-11-13-17(16)18-22(14-15-27(7,8)9,26-21(5,6)24-18)19(23)25-20(2,3)4/h10-13,18H,1-9H3/t18-,22-/m0/s1.